The molecule has 0 atom stereocenters. The third-order valence-electron chi connectivity index (χ3n) is 3.16. The highest BCUT2D eigenvalue weighted by Crippen LogP contribution is 2.21. The van der Waals surface area contributed by atoms with Crippen LogP contribution in [-0.4, -0.2) is 15.5 Å². The molecule has 2 aromatic heterocycles. The van der Waals surface area contributed by atoms with Gasteiger partial charge in [-0.1, -0.05) is 11.6 Å². The zero-order chi connectivity index (χ0) is 16.2. The number of nitriles is 1. The van der Waals surface area contributed by atoms with Crippen LogP contribution < -0.4 is 5.32 Å². The molecule has 0 fully saturated rings. The molecule has 0 aliphatic rings. The fraction of sp³-hybridized carbons (Fsp3) is 0.0625. The second-order valence-corrected chi connectivity index (χ2v) is 6.43. The fourth-order valence-electron chi connectivity index (χ4n) is 2.00. The van der Waals surface area contributed by atoms with E-state index in [0.717, 1.165) is 11.4 Å². The van der Waals surface area contributed by atoms with E-state index in [1.165, 1.54) is 11.3 Å². The van der Waals surface area contributed by atoms with Crippen molar-refractivity contribution in [2.75, 3.05) is 0 Å². The smallest absolute Gasteiger partial charge is 0.261 e. The van der Waals surface area contributed by atoms with Crippen LogP contribution in [0.15, 0.2) is 48.9 Å². The van der Waals surface area contributed by atoms with E-state index in [9.17, 15) is 4.79 Å². The average Bonchev–Trinajstić information content (AvgIpc) is 3.22. The quantitative estimate of drug-likeness (QED) is 0.790. The first-order chi connectivity index (χ1) is 11.2. The van der Waals surface area contributed by atoms with Crippen LogP contribution in [0, 0.1) is 11.3 Å². The predicted octanol–water partition coefficient (Wildman–Crippen LogP) is 3.39. The highest BCUT2D eigenvalue weighted by Gasteiger charge is 2.09. The van der Waals surface area contributed by atoms with E-state index in [0.29, 0.717) is 21.3 Å². The van der Waals surface area contributed by atoms with E-state index < -0.39 is 0 Å². The Morgan fingerprint density at radius 1 is 1.30 bits per heavy atom. The summed E-state index contributed by atoms with van der Waals surface area (Å²) >= 11 is 7.06. The fourth-order valence-corrected chi connectivity index (χ4v) is 2.96. The maximum atomic E-state index is 12.0. The van der Waals surface area contributed by atoms with E-state index >= 15 is 0 Å². The molecule has 1 N–H and O–H groups in total. The van der Waals surface area contributed by atoms with Gasteiger partial charge in [0.1, 0.15) is 0 Å². The zero-order valence-electron chi connectivity index (χ0n) is 11.9. The number of amides is 1. The molecule has 1 aromatic carbocycles. The minimum atomic E-state index is -0.171. The SMILES string of the molecule is N#Cc1ccc(-n2cnc(CNC(=O)c3ccc(Cl)s3)c2)cc1. The molecule has 5 nitrogen and oxygen atoms in total. The molecule has 3 aromatic rings. The van der Waals surface area contributed by atoms with Gasteiger partial charge in [-0.25, -0.2) is 4.98 Å². The van der Waals surface area contributed by atoms with Crippen molar-refractivity contribution >= 4 is 28.8 Å². The minimum absolute atomic E-state index is 0.171. The molecule has 0 radical (unpaired) electrons. The molecule has 0 unspecified atom stereocenters. The largest absolute Gasteiger partial charge is 0.346 e. The standard InChI is InChI=1S/C16H11ClN4OS/c17-15-6-5-14(23-15)16(22)19-8-12-9-21(10-20-12)13-3-1-11(7-18)2-4-13/h1-6,9-10H,8H2,(H,19,22). The molecule has 23 heavy (non-hydrogen) atoms. The molecular formula is C16H11ClN4OS. The van der Waals surface area contributed by atoms with Crippen molar-refractivity contribution in [1.82, 2.24) is 14.9 Å². The second-order valence-electron chi connectivity index (χ2n) is 4.72. The number of halogens is 1. The lowest BCUT2D eigenvalue weighted by atomic mass is 10.2. The highest BCUT2D eigenvalue weighted by atomic mass is 35.5. The topological polar surface area (TPSA) is 70.7 Å². The molecule has 0 saturated carbocycles. The van der Waals surface area contributed by atoms with Gasteiger partial charge in [-0.2, -0.15) is 5.26 Å². The van der Waals surface area contributed by atoms with Gasteiger partial charge in [0.05, 0.1) is 39.4 Å². The monoisotopic (exact) mass is 342 g/mol. The summed E-state index contributed by atoms with van der Waals surface area (Å²) in [5.74, 6) is -0.171. The molecule has 0 aliphatic heterocycles. The number of carbonyl (C=O) groups excluding carboxylic acids is 1. The number of imidazole rings is 1. The summed E-state index contributed by atoms with van der Waals surface area (Å²) in [6.07, 6.45) is 3.51. The summed E-state index contributed by atoms with van der Waals surface area (Å²) < 4.78 is 2.42. The Balaban J connectivity index is 1.65. The van der Waals surface area contributed by atoms with Crippen LogP contribution in [0.2, 0.25) is 4.34 Å². The van der Waals surface area contributed by atoms with Crippen molar-refractivity contribution in [2.24, 2.45) is 0 Å². The molecule has 1 amide bonds. The van der Waals surface area contributed by atoms with Gasteiger partial charge in [0.2, 0.25) is 0 Å². The first-order valence-electron chi connectivity index (χ1n) is 6.72. The van der Waals surface area contributed by atoms with Gasteiger partial charge in [-0.15, -0.1) is 11.3 Å². The molecule has 0 aliphatic carbocycles. The summed E-state index contributed by atoms with van der Waals surface area (Å²) in [6, 6.07) is 12.6. The lowest BCUT2D eigenvalue weighted by Crippen LogP contribution is -2.21. The van der Waals surface area contributed by atoms with E-state index in [2.05, 4.69) is 16.4 Å². The Morgan fingerprint density at radius 3 is 2.74 bits per heavy atom. The number of nitrogens with one attached hydrogen (secondary N) is 1. The maximum Gasteiger partial charge on any atom is 0.261 e. The number of benzene rings is 1. The van der Waals surface area contributed by atoms with Crippen molar-refractivity contribution in [3.63, 3.8) is 0 Å². The lowest BCUT2D eigenvalue weighted by molar-refractivity contribution is 0.0954. The van der Waals surface area contributed by atoms with Gasteiger partial charge in [0.15, 0.2) is 0 Å². The summed E-state index contributed by atoms with van der Waals surface area (Å²) in [5.41, 5.74) is 2.25. The zero-order valence-corrected chi connectivity index (χ0v) is 13.4. The molecule has 0 bridgehead atoms. The molecule has 7 heteroatoms. The normalized spacial score (nSPS) is 10.3. The summed E-state index contributed by atoms with van der Waals surface area (Å²) in [6.45, 7) is 0.331. The Kier molecular flexibility index (Phi) is 4.42. The third-order valence-corrected chi connectivity index (χ3v) is 4.39. The van der Waals surface area contributed by atoms with E-state index in [1.807, 2.05) is 22.9 Å². The summed E-state index contributed by atoms with van der Waals surface area (Å²) in [4.78, 5) is 16.8. The number of aromatic nitrogens is 2. The Hall–Kier alpha value is -2.62. The number of hydrogen-bond donors (Lipinski definition) is 1. The highest BCUT2D eigenvalue weighted by molar-refractivity contribution is 7.17. The maximum absolute atomic E-state index is 12.0. The summed E-state index contributed by atoms with van der Waals surface area (Å²) in [7, 11) is 0. The van der Waals surface area contributed by atoms with Crippen molar-refractivity contribution < 1.29 is 4.79 Å². The molecule has 2 heterocycles. The molecule has 0 saturated heterocycles. The number of thiophene rings is 1. The number of hydrogen-bond acceptors (Lipinski definition) is 4. The molecule has 0 spiro atoms. The van der Waals surface area contributed by atoms with Crippen LogP contribution in [0.5, 0.6) is 0 Å². The van der Waals surface area contributed by atoms with E-state index in [4.69, 9.17) is 16.9 Å². The molecule has 3 rings (SSSR count). The number of nitrogens with zero attached hydrogens (tertiary/aromatic N) is 3. The van der Waals surface area contributed by atoms with Crippen LogP contribution in [0.25, 0.3) is 5.69 Å². The van der Waals surface area contributed by atoms with Crippen LogP contribution >= 0.6 is 22.9 Å². The van der Waals surface area contributed by atoms with Crippen molar-refractivity contribution in [1.29, 1.82) is 5.26 Å². The van der Waals surface area contributed by atoms with Gasteiger partial charge in [-0.05, 0) is 36.4 Å². The Bertz CT molecular complexity index is 876. The average molecular weight is 343 g/mol. The van der Waals surface area contributed by atoms with Crippen molar-refractivity contribution in [3.05, 3.63) is 69.4 Å². The number of carbonyl (C=O) groups is 1. The van der Waals surface area contributed by atoms with Gasteiger partial charge in [0.25, 0.3) is 5.91 Å². The lowest BCUT2D eigenvalue weighted by Gasteiger charge is -2.02. The van der Waals surface area contributed by atoms with Crippen molar-refractivity contribution in [2.45, 2.75) is 6.54 Å². The Morgan fingerprint density at radius 2 is 2.09 bits per heavy atom. The minimum Gasteiger partial charge on any atom is -0.346 e. The van der Waals surface area contributed by atoms with Gasteiger partial charge < -0.3 is 9.88 Å². The van der Waals surface area contributed by atoms with Gasteiger partial charge in [-0.3, -0.25) is 4.79 Å². The van der Waals surface area contributed by atoms with Crippen LogP contribution in [0.1, 0.15) is 20.9 Å². The van der Waals surface area contributed by atoms with Crippen LogP contribution in [0.4, 0.5) is 0 Å². The summed E-state index contributed by atoms with van der Waals surface area (Å²) in [5, 5.41) is 11.6. The van der Waals surface area contributed by atoms with Crippen molar-refractivity contribution in [3.8, 4) is 11.8 Å². The first-order valence-corrected chi connectivity index (χ1v) is 7.92. The van der Waals surface area contributed by atoms with Crippen LogP contribution in [-0.2, 0) is 6.54 Å². The van der Waals surface area contributed by atoms with E-state index in [-0.39, 0.29) is 5.91 Å². The predicted molar refractivity (Wildman–Crippen MR) is 88.8 cm³/mol. The number of rotatable bonds is 4. The third kappa shape index (κ3) is 3.59. The van der Waals surface area contributed by atoms with Crippen LogP contribution in [0.3, 0.4) is 0 Å². The second kappa shape index (κ2) is 6.65. The first kappa shape index (κ1) is 15.3. The van der Waals surface area contributed by atoms with Gasteiger partial charge >= 0.3 is 0 Å². The molecule has 114 valence electrons. The van der Waals surface area contributed by atoms with E-state index in [1.54, 1.807) is 30.6 Å². The Labute approximate surface area is 141 Å². The van der Waals surface area contributed by atoms with Gasteiger partial charge in [0, 0.05) is 11.9 Å². The molecular weight excluding hydrogens is 332 g/mol.